The first-order chi connectivity index (χ1) is 8.63. The van der Waals surface area contributed by atoms with Crippen LogP contribution in [0.5, 0.6) is 0 Å². The summed E-state index contributed by atoms with van der Waals surface area (Å²) in [6, 6.07) is 10.5. The number of benzene rings is 1. The maximum atomic E-state index is 11.8. The van der Waals surface area contributed by atoms with E-state index in [1.165, 1.54) is 4.90 Å². The normalized spacial score (nSPS) is 13.9. The number of likely N-dealkylation sites (N-methyl/N-ethyl adjacent to an activating group) is 1. The molecule has 18 heavy (non-hydrogen) atoms. The minimum atomic E-state index is 0.0271. The van der Waals surface area contributed by atoms with Gasteiger partial charge in [0.15, 0.2) is 0 Å². The Hall–Kier alpha value is -1.00. The number of amides is 1. The van der Waals surface area contributed by atoms with Crippen molar-refractivity contribution in [3.05, 3.63) is 30.3 Å². The number of hydrogen-bond acceptors (Lipinski definition) is 3. The van der Waals surface area contributed by atoms with Crippen LogP contribution in [0.15, 0.2) is 35.2 Å². The second kappa shape index (κ2) is 8.16. The van der Waals surface area contributed by atoms with Crippen molar-refractivity contribution in [3.63, 3.8) is 0 Å². The third-order valence-corrected chi connectivity index (χ3v) is 4.04. The highest BCUT2D eigenvalue weighted by atomic mass is 32.2. The van der Waals surface area contributed by atoms with E-state index in [2.05, 4.69) is 22.8 Å². The van der Waals surface area contributed by atoms with Crippen molar-refractivity contribution in [2.75, 3.05) is 19.3 Å². The fraction of sp³-hybridized carbons (Fsp3) is 0.500. The molecule has 0 aromatic heterocycles. The first-order valence-electron chi connectivity index (χ1n) is 6.26. The summed E-state index contributed by atoms with van der Waals surface area (Å²) in [5.41, 5.74) is 0. The fourth-order valence-electron chi connectivity index (χ4n) is 1.34. The number of carbonyl (C=O) groups is 1. The lowest BCUT2D eigenvalue weighted by molar-refractivity contribution is -0.123. The standard InChI is InChI=1S/C14H22N2OS/c1-11(14(17)16-9-12(2)15-3)10-18-13-7-5-4-6-8-13/h4-8,11-12,15H,9-10H2,1-3H3,(H,16,17). The summed E-state index contributed by atoms with van der Waals surface area (Å²) in [6.45, 7) is 4.69. The molecule has 0 spiro atoms. The van der Waals surface area contributed by atoms with Crippen LogP contribution >= 0.6 is 11.8 Å². The van der Waals surface area contributed by atoms with Gasteiger partial charge < -0.3 is 10.6 Å². The average Bonchev–Trinajstić information content (AvgIpc) is 2.42. The molecule has 0 fully saturated rings. The molecule has 1 rings (SSSR count). The quantitative estimate of drug-likeness (QED) is 0.743. The van der Waals surface area contributed by atoms with E-state index in [9.17, 15) is 4.79 Å². The van der Waals surface area contributed by atoms with Gasteiger partial charge in [0.25, 0.3) is 0 Å². The number of nitrogens with one attached hydrogen (secondary N) is 2. The Morgan fingerprint density at radius 2 is 1.94 bits per heavy atom. The number of carbonyl (C=O) groups excluding carboxylic acids is 1. The van der Waals surface area contributed by atoms with Crippen LogP contribution in [0.2, 0.25) is 0 Å². The van der Waals surface area contributed by atoms with E-state index in [0.29, 0.717) is 12.6 Å². The minimum absolute atomic E-state index is 0.0271. The summed E-state index contributed by atoms with van der Waals surface area (Å²) in [4.78, 5) is 13.0. The van der Waals surface area contributed by atoms with Crippen LogP contribution in [-0.4, -0.2) is 31.3 Å². The molecule has 3 nitrogen and oxygen atoms in total. The van der Waals surface area contributed by atoms with Gasteiger partial charge in [0.1, 0.15) is 0 Å². The Labute approximate surface area is 114 Å². The van der Waals surface area contributed by atoms with E-state index >= 15 is 0 Å². The summed E-state index contributed by atoms with van der Waals surface area (Å²) in [5, 5.41) is 6.05. The van der Waals surface area contributed by atoms with E-state index in [4.69, 9.17) is 0 Å². The van der Waals surface area contributed by atoms with Crippen LogP contribution in [0, 0.1) is 5.92 Å². The zero-order valence-electron chi connectivity index (χ0n) is 11.3. The molecular weight excluding hydrogens is 244 g/mol. The lowest BCUT2D eigenvalue weighted by Gasteiger charge is -2.15. The van der Waals surface area contributed by atoms with E-state index in [0.717, 1.165) is 5.75 Å². The lowest BCUT2D eigenvalue weighted by atomic mass is 10.2. The molecule has 4 heteroatoms. The molecule has 1 aromatic carbocycles. The second-order valence-electron chi connectivity index (χ2n) is 4.46. The zero-order valence-corrected chi connectivity index (χ0v) is 12.1. The van der Waals surface area contributed by atoms with Gasteiger partial charge >= 0.3 is 0 Å². The molecule has 0 saturated heterocycles. The molecule has 100 valence electrons. The van der Waals surface area contributed by atoms with Crippen molar-refractivity contribution in [2.24, 2.45) is 5.92 Å². The molecule has 0 bridgehead atoms. The largest absolute Gasteiger partial charge is 0.354 e. The lowest BCUT2D eigenvalue weighted by Crippen LogP contribution is -2.39. The van der Waals surface area contributed by atoms with Crippen molar-refractivity contribution < 1.29 is 4.79 Å². The van der Waals surface area contributed by atoms with E-state index in [1.807, 2.05) is 39.1 Å². The molecule has 0 aliphatic rings. The second-order valence-corrected chi connectivity index (χ2v) is 5.55. The number of rotatable bonds is 7. The van der Waals surface area contributed by atoms with E-state index in [1.54, 1.807) is 11.8 Å². The van der Waals surface area contributed by atoms with Crippen LogP contribution < -0.4 is 10.6 Å². The summed E-state index contributed by atoms with van der Waals surface area (Å²) in [5.74, 6) is 0.962. The third-order valence-electron chi connectivity index (χ3n) is 2.77. The van der Waals surface area contributed by atoms with Crippen molar-refractivity contribution in [2.45, 2.75) is 24.8 Å². The summed E-state index contributed by atoms with van der Waals surface area (Å²) in [6.07, 6.45) is 0. The first-order valence-corrected chi connectivity index (χ1v) is 7.25. The molecule has 0 radical (unpaired) electrons. The summed E-state index contributed by atoms with van der Waals surface area (Å²) >= 11 is 1.72. The van der Waals surface area contributed by atoms with Crippen molar-refractivity contribution in [1.29, 1.82) is 0 Å². The molecule has 2 N–H and O–H groups in total. The van der Waals surface area contributed by atoms with Gasteiger partial charge in [0.2, 0.25) is 5.91 Å². The minimum Gasteiger partial charge on any atom is -0.354 e. The summed E-state index contributed by atoms with van der Waals surface area (Å²) in [7, 11) is 1.89. The van der Waals surface area contributed by atoms with E-state index < -0.39 is 0 Å². The molecule has 2 atom stereocenters. The molecule has 1 aromatic rings. The van der Waals surface area contributed by atoms with Crippen molar-refractivity contribution in [3.8, 4) is 0 Å². The third kappa shape index (κ3) is 5.56. The van der Waals surface area contributed by atoms with Crippen LogP contribution in [0.1, 0.15) is 13.8 Å². The fourth-order valence-corrected chi connectivity index (χ4v) is 2.29. The number of thioether (sulfide) groups is 1. The monoisotopic (exact) mass is 266 g/mol. The molecule has 1 amide bonds. The predicted molar refractivity (Wildman–Crippen MR) is 77.9 cm³/mol. The van der Waals surface area contributed by atoms with Gasteiger partial charge in [-0.2, -0.15) is 0 Å². The van der Waals surface area contributed by atoms with Gasteiger partial charge in [0.05, 0.1) is 0 Å². The Bertz CT molecular complexity index is 356. The van der Waals surface area contributed by atoms with Gasteiger partial charge in [-0.3, -0.25) is 4.79 Å². The maximum absolute atomic E-state index is 11.8. The highest BCUT2D eigenvalue weighted by Crippen LogP contribution is 2.19. The zero-order chi connectivity index (χ0) is 13.4. The average molecular weight is 266 g/mol. The van der Waals surface area contributed by atoms with Gasteiger partial charge in [-0.25, -0.2) is 0 Å². The van der Waals surface area contributed by atoms with Gasteiger partial charge in [-0.15, -0.1) is 11.8 Å². The Morgan fingerprint density at radius 3 is 2.56 bits per heavy atom. The molecule has 2 unspecified atom stereocenters. The van der Waals surface area contributed by atoms with Crippen LogP contribution in [-0.2, 0) is 4.79 Å². The Morgan fingerprint density at radius 1 is 1.28 bits per heavy atom. The molecule has 0 heterocycles. The van der Waals surface area contributed by atoms with Crippen molar-refractivity contribution >= 4 is 17.7 Å². The van der Waals surface area contributed by atoms with Crippen molar-refractivity contribution in [1.82, 2.24) is 10.6 Å². The molecular formula is C14H22N2OS. The molecule has 0 aliphatic heterocycles. The van der Waals surface area contributed by atoms with Gasteiger partial charge in [-0.05, 0) is 26.1 Å². The van der Waals surface area contributed by atoms with Gasteiger partial charge in [-0.1, -0.05) is 25.1 Å². The summed E-state index contributed by atoms with van der Waals surface area (Å²) < 4.78 is 0. The smallest absolute Gasteiger partial charge is 0.223 e. The molecule has 0 saturated carbocycles. The molecule has 0 aliphatic carbocycles. The highest BCUT2D eigenvalue weighted by molar-refractivity contribution is 7.99. The SMILES string of the molecule is CNC(C)CNC(=O)C(C)CSc1ccccc1. The Kier molecular flexibility index (Phi) is 6.83. The Balaban J connectivity index is 2.27. The van der Waals surface area contributed by atoms with Crippen LogP contribution in [0.3, 0.4) is 0 Å². The van der Waals surface area contributed by atoms with E-state index in [-0.39, 0.29) is 11.8 Å². The maximum Gasteiger partial charge on any atom is 0.223 e. The predicted octanol–water partition coefficient (Wildman–Crippen LogP) is 2.14. The number of hydrogen-bond donors (Lipinski definition) is 2. The van der Waals surface area contributed by atoms with Gasteiger partial charge in [0, 0.05) is 29.2 Å². The first kappa shape index (κ1) is 15.1. The van der Waals surface area contributed by atoms with Crippen LogP contribution in [0.25, 0.3) is 0 Å². The van der Waals surface area contributed by atoms with Crippen LogP contribution in [0.4, 0.5) is 0 Å². The highest BCUT2D eigenvalue weighted by Gasteiger charge is 2.13. The topological polar surface area (TPSA) is 41.1 Å².